The van der Waals surface area contributed by atoms with Gasteiger partial charge in [0.1, 0.15) is 0 Å². The summed E-state index contributed by atoms with van der Waals surface area (Å²) in [4.78, 5) is 25.9. The first-order valence-electron chi connectivity index (χ1n) is 9.77. The number of piperazine rings is 1. The number of aromatic nitrogens is 3. The van der Waals surface area contributed by atoms with Gasteiger partial charge in [-0.3, -0.25) is 9.36 Å². The van der Waals surface area contributed by atoms with Crippen molar-refractivity contribution in [2.24, 2.45) is 0 Å². The number of nitrogens with zero attached hydrogens (tertiary/aromatic N) is 5. The number of amides is 1. The van der Waals surface area contributed by atoms with Gasteiger partial charge in [-0.2, -0.15) is 0 Å². The van der Waals surface area contributed by atoms with Crippen LogP contribution in [0.15, 0.2) is 79.3 Å². The van der Waals surface area contributed by atoms with Gasteiger partial charge in [-0.1, -0.05) is 18.2 Å². The summed E-state index contributed by atoms with van der Waals surface area (Å²) in [6.07, 6.45) is 5.38. The van der Waals surface area contributed by atoms with Gasteiger partial charge in [0, 0.05) is 61.4 Å². The van der Waals surface area contributed by atoms with Crippen molar-refractivity contribution in [3.63, 3.8) is 0 Å². The topological polar surface area (TPSA) is 54.3 Å². The van der Waals surface area contributed by atoms with Crippen LogP contribution in [0.3, 0.4) is 0 Å². The number of para-hydroxylation sites is 1. The lowest BCUT2D eigenvalue weighted by Crippen LogP contribution is -2.48. The molecule has 0 saturated carbocycles. The number of carbonyl (C=O) groups is 1. The van der Waals surface area contributed by atoms with E-state index in [4.69, 9.17) is 0 Å². The minimum Gasteiger partial charge on any atom is -0.368 e. The molecule has 0 bridgehead atoms. The number of hydrogen-bond acceptors (Lipinski definition) is 4. The van der Waals surface area contributed by atoms with E-state index in [9.17, 15) is 4.79 Å². The Kier molecular flexibility index (Phi) is 4.44. The van der Waals surface area contributed by atoms with E-state index in [0.717, 1.165) is 42.6 Å². The molecule has 4 aromatic rings. The number of rotatable bonds is 3. The minimum atomic E-state index is 0.0864. The highest BCUT2D eigenvalue weighted by Crippen LogP contribution is 2.22. The molecule has 29 heavy (non-hydrogen) atoms. The molecule has 1 saturated heterocycles. The number of benzene rings is 2. The maximum absolute atomic E-state index is 13.0. The third kappa shape index (κ3) is 3.33. The van der Waals surface area contributed by atoms with Gasteiger partial charge in [-0.15, -0.1) is 0 Å². The highest BCUT2D eigenvalue weighted by atomic mass is 16.2. The summed E-state index contributed by atoms with van der Waals surface area (Å²) in [5.74, 6) is 0.710. The number of hydrogen-bond donors (Lipinski definition) is 0. The van der Waals surface area contributed by atoms with Crippen molar-refractivity contribution in [3.05, 3.63) is 84.8 Å². The van der Waals surface area contributed by atoms with E-state index in [1.807, 2.05) is 46.0 Å². The highest BCUT2D eigenvalue weighted by molar-refractivity contribution is 5.98. The predicted molar refractivity (Wildman–Crippen MR) is 113 cm³/mol. The van der Waals surface area contributed by atoms with Crippen LogP contribution in [0.4, 0.5) is 5.69 Å². The highest BCUT2D eigenvalue weighted by Gasteiger charge is 2.22. The van der Waals surface area contributed by atoms with Crippen LogP contribution in [-0.4, -0.2) is 51.5 Å². The molecule has 2 aromatic carbocycles. The molecule has 6 heteroatoms. The zero-order valence-corrected chi connectivity index (χ0v) is 16.0. The van der Waals surface area contributed by atoms with Crippen LogP contribution in [-0.2, 0) is 0 Å². The Morgan fingerprint density at radius 3 is 2.34 bits per heavy atom. The molecule has 0 unspecified atom stereocenters. The Morgan fingerprint density at radius 1 is 0.828 bits per heavy atom. The van der Waals surface area contributed by atoms with Crippen LogP contribution in [0.2, 0.25) is 0 Å². The predicted octanol–water partition coefficient (Wildman–Crippen LogP) is 3.38. The molecule has 1 aliphatic rings. The molecule has 0 N–H and O–H groups in total. The van der Waals surface area contributed by atoms with Crippen LogP contribution in [0.5, 0.6) is 0 Å². The van der Waals surface area contributed by atoms with Gasteiger partial charge in [0.2, 0.25) is 5.95 Å². The van der Waals surface area contributed by atoms with Crippen molar-refractivity contribution in [2.45, 2.75) is 0 Å². The van der Waals surface area contributed by atoms with Gasteiger partial charge < -0.3 is 9.80 Å². The molecule has 3 heterocycles. The van der Waals surface area contributed by atoms with E-state index in [2.05, 4.69) is 39.1 Å². The van der Waals surface area contributed by atoms with Crippen LogP contribution in [0, 0.1) is 0 Å². The molecule has 1 aliphatic heterocycles. The molecule has 1 amide bonds. The fraction of sp³-hybridized carbons (Fsp3) is 0.174. The molecule has 2 aromatic heterocycles. The normalized spacial score (nSPS) is 14.3. The summed E-state index contributed by atoms with van der Waals surface area (Å²) in [7, 11) is 0. The van der Waals surface area contributed by atoms with Crippen molar-refractivity contribution in [1.82, 2.24) is 19.4 Å². The minimum absolute atomic E-state index is 0.0864. The zero-order chi connectivity index (χ0) is 19.6. The maximum atomic E-state index is 13.0. The molecule has 1 fully saturated rings. The van der Waals surface area contributed by atoms with Crippen LogP contribution >= 0.6 is 0 Å². The van der Waals surface area contributed by atoms with Gasteiger partial charge in [-0.05, 0) is 42.5 Å². The van der Waals surface area contributed by atoms with E-state index in [1.165, 1.54) is 5.69 Å². The number of carbonyl (C=O) groups excluding carboxylic acids is 1. The summed E-state index contributed by atoms with van der Waals surface area (Å²) in [6, 6.07) is 20.0. The molecule has 0 spiro atoms. The first kappa shape index (κ1) is 17.4. The lowest BCUT2D eigenvalue weighted by molar-refractivity contribution is 0.0747. The van der Waals surface area contributed by atoms with Gasteiger partial charge in [0.15, 0.2) is 0 Å². The average molecular weight is 383 g/mol. The van der Waals surface area contributed by atoms with Gasteiger partial charge in [0.05, 0.1) is 5.52 Å². The SMILES string of the molecule is O=C(c1ccc2c(ccn2-c2ncccn2)c1)N1CCN(c2ccccc2)CC1. The van der Waals surface area contributed by atoms with Crippen molar-refractivity contribution >= 4 is 22.5 Å². The summed E-state index contributed by atoms with van der Waals surface area (Å²) in [6.45, 7) is 3.15. The Bertz CT molecular complexity index is 1130. The van der Waals surface area contributed by atoms with Crippen LogP contribution in [0.25, 0.3) is 16.9 Å². The maximum Gasteiger partial charge on any atom is 0.253 e. The number of fused-ring (bicyclic) bond motifs is 1. The second-order valence-electron chi connectivity index (χ2n) is 7.12. The molecule has 5 rings (SSSR count). The van der Waals surface area contributed by atoms with Crippen molar-refractivity contribution < 1.29 is 4.79 Å². The van der Waals surface area contributed by atoms with E-state index in [0.29, 0.717) is 5.95 Å². The fourth-order valence-electron chi connectivity index (χ4n) is 3.85. The average Bonchev–Trinajstić information content (AvgIpc) is 3.23. The van der Waals surface area contributed by atoms with Crippen molar-refractivity contribution in [2.75, 3.05) is 31.1 Å². The van der Waals surface area contributed by atoms with Gasteiger partial charge in [-0.25, -0.2) is 9.97 Å². The van der Waals surface area contributed by atoms with Gasteiger partial charge in [0.25, 0.3) is 5.91 Å². The van der Waals surface area contributed by atoms with E-state index >= 15 is 0 Å². The molecule has 6 nitrogen and oxygen atoms in total. The third-order valence-corrected chi connectivity index (χ3v) is 5.39. The van der Waals surface area contributed by atoms with Crippen molar-refractivity contribution in [1.29, 1.82) is 0 Å². The molecule has 0 atom stereocenters. The van der Waals surface area contributed by atoms with E-state index < -0.39 is 0 Å². The van der Waals surface area contributed by atoms with Crippen molar-refractivity contribution in [3.8, 4) is 5.95 Å². The molecular weight excluding hydrogens is 362 g/mol. The third-order valence-electron chi connectivity index (χ3n) is 5.39. The Balaban J connectivity index is 1.33. The second kappa shape index (κ2) is 7.39. The molecular formula is C23H21N5O. The lowest BCUT2D eigenvalue weighted by atomic mass is 10.1. The summed E-state index contributed by atoms with van der Waals surface area (Å²) in [5.41, 5.74) is 2.92. The van der Waals surface area contributed by atoms with Gasteiger partial charge >= 0.3 is 0 Å². The molecule has 144 valence electrons. The molecule has 0 radical (unpaired) electrons. The zero-order valence-electron chi connectivity index (χ0n) is 16.0. The summed E-state index contributed by atoms with van der Waals surface area (Å²) in [5, 5.41) is 1.01. The summed E-state index contributed by atoms with van der Waals surface area (Å²) >= 11 is 0. The fourth-order valence-corrected chi connectivity index (χ4v) is 3.85. The first-order chi connectivity index (χ1) is 14.3. The Hall–Kier alpha value is -3.67. The van der Waals surface area contributed by atoms with Crippen LogP contribution in [0.1, 0.15) is 10.4 Å². The Labute approximate surface area is 169 Å². The van der Waals surface area contributed by atoms with Crippen LogP contribution < -0.4 is 4.90 Å². The molecule has 0 aliphatic carbocycles. The smallest absolute Gasteiger partial charge is 0.253 e. The quantitative estimate of drug-likeness (QED) is 0.544. The van der Waals surface area contributed by atoms with E-state index in [1.54, 1.807) is 18.5 Å². The standard InChI is InChI=1S/C23H21N5O/c29-22(27-15-13-26(14-16-27)20-5-2-1-3-6-20)19-7-8-21-18(17-19)9-12-28(21)23-24-10-4-11-25-23/h1-12,17H,13-16H2. The summed E-state index contributed by atoms with van der Waals surface area (Å²) < 4.78 is 1.93. The number of anilines is 1. The largest absolute Gasteiger partial charge is 0.368 e. The Morgan fingerprint density at radius 2 is 1.59 bits per heavy atom. The first-order valence-corrected chi connectivity index (χ1v) is 9.77. The lowest BCUT2D eigenvalue weighted by Gasteiger charge is -2.36. The monoisotopic (exact) mass is 383 g/mol. The second-order valence-corrected chi connectivity index (χ2v) is 7.12. The van der Waals surface area contributed by atoms with E-state index in [-0.39, 0.29) is 5.91 Å².